The minimum atomic E-state index is -0.109. The van der Waals surface area contributed by atoms with Crippen molar-refractivity contribution in [3.63, 3.8) is 0 Å². The Balaban J connectivity index is 1.87. The maximum Gasteiger partial charge on any atom is 0.317 e. The predicted octanol–water partition coefficient (Wildman–Crippen LogP) is 2.23. The number of urea groups is 1. The summed E-state index contributed by atoms with van der Waals surface area (Å²) in [7, 11) is 0. The number of aliphatic hydroxyl groups excluding tert-OH is 1. The van der Waals surface area contributed by atoms with E-state index in [-0.39, 0.29) is 18.1 Å². The Morgan fingerprint density at radius 2 is 2.30 bits per heavy atom. The van der Waals surface area contributed by atoms with Gasteiger partial charge in [-0.15, -0.1) is 0 Å². The first kappa shape index (κ1) is 17.8. The summed E-state index contributed by atoms with van der Waals surface area (Å²) in [6.07, 6.45) is 6.61. The fourth-order valence-corrected chi connectivity index (χ4v) is 3.38. The molecular formula is C17H30N4O2. The highest BCUT2D eigenvalue weighted by atomic mass is 16.3. The van der Waals surface area contributed by atoms with E-state index in [0.717, 1.165) is 31.6 Å². The molecule has 0 aliphatic carbocycles. The van der Waals surface area contributed by atoms with Gasteiger partial charge < -0.3 is 19.9 Å². The van der Waals surface area contributed by atoms with Crippen LogP contribution in [0.25, 0.3) is 0 Å². The van der Waals surface area contributed by atoms with Crippen LogP contribution >= 0.6 is 0 Å². The van der Waals surface area contributed by atoms with Gasteiger partial charge in [-0.3, -0.25) is 0 Å². The van der Waals surface area contributed by atoms with Crippen LogP contribution in [-0.2, 0) is 13.1 Å². The van der Waals surface area contributed by atoms with E-state index in [9.17, 15) is 9.90 Å². The molecule has 1 saturated heterocycles. The molecule has 130 valence electrons. The van der Waals surface area contributed by atoms with E-state index in [1.807, 2.05) is 11.1 Å². The molecule has 0 aromatic carbocycles. The van der Waals surface area contributed by atoms with Gasteiger partial charge >= 0.3 is 6.03 Å². The van der Waals surface area contributed by atoms with Crippen molar-refractivity contribution in [1.29, 1.82) is 0 Å². The second-order valence-electron chi connectivity index (χ2n) is 7.13. The van der Waals surface area contributed by atoms with Crippen LogP contribution < -0.4 is 5.32 Å². The molecule has 1 aliphatic heterocycles. The number of hydrogen-bond acceptors (Lipinski definition) is 3. The van der Waals surface area contributed by atoms with E-state index >= 15 is 0 Å². The number of nitrogens with zero attached hydrogens (tertiary/aromatic N) is 3. The molecule has 0 radical (unpaired) electrons. The summed E-state index contributed by atoms with van der Waals surface area (Å²) >= 11 is 0. The highest BCUT2D eigenvalue weighted by Crippen LogP contribution is 2.34. The van der Waals surface area contributed by atoms with Gasteiger partial charge in [-0.05, 0) is 18.8 Å². The summed E-state index contributed by atoms with van der Waals surface area (Å²) in [4.78, 5) is 18.5. The fourth-order valence-electron chi connectivity index (χ4n) is 3.38. The molecule has 23 heavy (non-hydrogen) atoms. The van der Waals surface area contributed by atoms with E-state index in [1.54, 1.807) is 6.20 Å². The van der Waals surface area contributed by atoms with E-state index in [4.69, 9.17) is 0 Å². The van der Waals surface area contributed by atoms with Gasteiger partial charge in [0.05, 0.1) is 13.2 Å². The largest absolute Gasteiger partial charge is 0.396 e. The number of rotatable bonds is 7. The van der Waals surface area contributed by atoms with Crippen molar-refractivity contribution in [1.82, 2.24) is 19.8 Å². The lowest BCUT2D eigenvalue weighted by molar-refractivity contribution is 0.120. The Morgan fingerprint density at radius 3 is 2.96 bits per heavy atom. The highest BCUT2D eigenvalue weighted by Gasteiger charge is 2.38. The van der Waals surface area contributed by atoms with Gasteiger partial charge in [-0.2, -0.15) is 0 Å². The lowest BCUT2D eigenvalue weighted by Gasteiger charge is -2.26. The Hall–Kier alpha value is -1.56. The van der Waals surface area contributed by atoms with Crippen LogP contribution in [0.5, 0.6) is 0 Å². The van der Waals surface area contributed by atoms with Crippen LogP contribution in [0.3, 0.4) is 0 Å². The normalized spacial score (nSPS) is 21.2. The smallest absolute Gasteiger partial charge is 0.317 e. The molecule has 2 amide bonds. The minimum absolute atomic E-state index is 0.0597. The summed E-state index contributed by atoms with van der Waals surface area (Å²) in [6, 6.07) is -0.0597. The lowest BCUT2D eigenvalue weighted by Crippen LogP contribution is -2.40. The van der Waals surface area contributed by atoms with E-state index in [0.29, 0.717) is 25.6 Å². The van der Waals surface area contributed by atoms with Crippen molar-refractivity contribution < 1.29 is 9.90 Å². The number of carbonyl (C=O) groups is 1. The number of nitrogens with one attached hydrogen (secondary N) is 1. The molecule has 0 spiro atoms. The van der Waals surface area contributed by atoms with Crippen molar-refractivity contribution in [2.24, 2.45) is 11.3 Å². The number of likely N-dealkylation sites (tertiary alicyclic amines) is 1. The maximum absolute atomic E-state index is 12.4. The average Bonchev–Trinajstić information content (AvgIpc) is 3.12. The molecule has 1 aliphatic rings. The maximum atomic E-state index is 12.4. The van der Waals surface area contributed by atoms with E-state index < -0.39 is 0 Å². The lowest BCUT2D eigenvalue weighted by atomic mass is 9.83. The number of aliphatic hydroxyl groups is 1. The zero-order chi connectivity index (χ0) is 16.9. The van der Waals surface area contributed by atoms with Crippen LogP contribution in [0.4, 0.5) is 4.79 Å². The predicted molar refractivity (Wildman–Crippen MR) is 89.9 cm³/mol. The van der Waals surface area contributed by atoms with Gasteiger partial charge in [0.1, 0.15) is 5.82 Å². The van der Waals surface area contributed by atoms with Crippen LogP contribution in [0.2, 0.25) is 0 Å². The molecule has 2 heterocycles. The third-order valence-corrected chi connectivity index (χ3v) is 4.60. The number of carbonyl (C=O) groups excluding carboxylic acids is 1. The summed E-state index contributed by atoms with van der Waals surface area (Å²) in [5.41, 5.74) is -0.109. The molecule has 6 nitrogen and oxygen atoms in total. The first-order valence-electron chi connectivity index (χ1n) is 8.63. The molecule has 0 bridgehead atoms. The van der Waals surface area contributed by atoms with Gasteiger partial charge in [-0.1, -0.05) is 27.2 Å². The number of imidazole rings is 1. The number of hydrogen-bond donors (Lipinski definition) is 2. The molecule has 2 rings (SSSR count). The zero-order valence-corrected chi connectivity index (χ0v) is 14.6. The van der Waals surface area contributed by atoms with E-state index in [1.165, 1.54) is 0 Å². The van der Waals surface area contributed by atoms with Crippen molar-refractivity contribution in [3.8, 4) is 0 Å². The van der Waals surface area contributed by atoms with Crippen LogP contribution in [0.1, 0.15) is 45.9 Å². The van der Waals surface area contributed by atoms with Gasteiger partial charge in [0.25, 0.3) is 0 Å². The molecule has 1 unspecified atom stereocenters. The third kappa shape index (κ3) is 4.47. The monoisotopic (exact) mass is 322 g/mol. The van der Waals surface area contributed by atoms with Gasteiger partial charge in [0.15, 0.2) is 0 Å². The Bertz CT molecular complexity index is 514. The number of amides is 2. The van der Waals surface area contributed by atoms with Crippen LogP contribution in [0.15, 0.2) is 12.4 Å². The Labute approximate surface area is 138 Å². The van der Waals surface area contributed by atoms with Crippen molar-refractivity contribution in [3.05, 3.63) is 18.2 Å². The minimum Gasteiger partial charge on any atom is -0.396 e. The van der Waals surface area contributed by atoms with Gasteiger partial charge in [-0.25, -0.2) is 9.78 Å². The molecule has 1 aromatic rings. The molecular weight excluding hydrogens is 292 g/mol. The summed E-state index contributed by atoms with van der Waals surface area (Å²) in [5.74, 6) is 1.42. The fraction of sp³-hybridized carbons (Fsp3) is 0.765. The molecule has 2 N–H and O–H groups in total. The highest BCUT2D eigenvalue weighted by molar-refractivity contribution is 5.74. The van der Waals surface area contributed by atoms with Gasteiger partial charge in [0.2, 0.25) is 0 Å². The van der Waals surface area contributed by atoms with Crippen molar-refractivity contribution >= 4 is 6.03 Å². The van der Waals surface area contributed by atoms with Crippen LogP contribution in [0, 0.1) is 11.3 Å². The average molecular weight is 322 g/mol. The summed E-state index contributed by atoms with van der Waals surface area (Å²) in [5, 5.41) is 12.6. The molecule has 1 atom stereocenters. The topological polar surface area (TPSA) is 70.4 Å². The first-order valence-corrected chi connectivity index (χ1v) is 8.63. The Morgan fingerprint density at radius 1 is 1.52 bits per heavy atom. The van der Waals surface area contributed by atoms with Gasteiger partial charge in [0, 0.05) is 37.4 Å². The standard InChI is InChI=1S/C17H30N4O2/c1-4-5-17(13-22)6-8-21(12-17)16(23)19-10-15-18-7-9-20(15)11-14(2)3/h7,9,14,22H,4-6,8,10-13H2,1-3H3,(H,19,23). The second-order valence-corrected chi connectivity index (χ2v) is 7.13. The van der Waals surface area contributed by atoms with Crippen molar-refractivity contribution in [2.45, 2.75) is 53.1 Å². The quantitative estimate of drug-likeness (QED) is 0.809. The molecule has 1 aromatic heterocycles. The van der Waals surface area contributed by atoms with Crippen molar-refractivity contribution in [2.75, 3.05) is 19.7 Å². The Kier molecular flexibility index (Phi) is 6.04. The molecule has 0 saturated carbocycles. The second kappa shape index (κ2) is 7.81. The molecule has 6 heteroatoms. The first-order chi connectivity index (χ1) is 11.0. The number of aromatic nitrogens is 2. The molecule has 1 fully saturated rings. The SMILES string of the molecule is CCCC1(CO)CCN(C(=O)NCc2nccn2CC(C)C)C1. The third-order valence-electron chi connectivity index (χ3n) is 4.60. The summed E-state index contributed by atoms with van der Waals surface area (Å²) in [6.45, 7) is 9.30. The van der Waals surface area contributed by atoms with Crippen LogP contribution in [-0.4, -0.2) is 45.3 Å². The van der Waals surface area contributed by atoms with E-state index in [2.05, 4.69) is 35.6 Å². The summed E-state index contributed by atoms with van der Waals surface area (Å²) < 4.78 is 2.09. The zero-order valence-electron chi connectivity index (χ0n) is 14.6.